The van der Waals surface area contributed by atoms with E-state index in [9.17, 15) is 9.13 Å². The first-order valence-electron chi connectivity index (χ1n) is 6.26. The molecule has 1 aromatic rings. The minimum absolute atomic E-state index is 0.445. The van der Waals surface area contributed by atoms with E-state index in [-0.39, 0.29) is 0 Å². The Hall–Kier alpha value is 1.44. The second kappa shape index (κ2) is 8.63. The van der Waals surface area contributed by atoms with Gasteiger partial charge in [-0.05, 0) is 11.1 Å². The first-order valence-corrected chi connectivity index (χ1v) is 12.5. The fourth-order valence-corrected chi connectivity index (χ4v) is 8.96. The van der Waals surface area contributed by atoms with Crippen LogP contribution in [0.2, 0.25) is 0 Å². The van der Waals surface area contributed by atoms with Crippen molar-refractivity contribution in [1.82, 2.24) is 0 Å². The Morgan fingerprint density at radius 3 is 1.17 bits per heavy atom. The van der Waals surface area contributed by atoms with E-state index in [1.807, 2.05) is 0 Å². The summed E-state index contributed by atoms with van der Waals surface area (Å²) in [5.41, 5.74) is 0.889. The summed E-state index contributed by atoms with van der Waals surface area (Å²) in [5.74, 6) is 0. The molecule has 0 saturated heterocycles. The minimum atomic E-state index is -3.65. The quantitative estimate of drug-likeness (QED) is 0.241. The lowest BCUT2D eigenvalue weighted by molar-refractivity contribution is 0.269. The van der Waals surface area contributed by atoms with Crippen molar-refractivity contribution in [2.45, 2.75) is 5.95 Å². The number of benzene rings is 1. The second-order valence-corrected chi connectivity index (χ2v) is 18.5. The molecule has 0 saturated carbocycles. The van der Waals surface area contributed by atoms with Crippen molar-refractivity contribution in [3.05, 3.63) is 35.4 Å². The van der Waals surface area contributed by atoms with Gasteiger partial charge in [-0.15, -0.1) is 0 Å². The molecule has 1 aromatic carbocycles. The molecule has 6 nitrogen and oxygen atoms in total. The van der Waals surface area contributed by atoms with Gasteiger partial charge in [-0.25, -0.2) is 0 Å². The summed E-state index contributed by atoms with van der Waals surface area (Å²) in [6.07, 6.45) is 0. The molecular formula is C12H16Br4O6P2. The van der Waals surface area contributed by atoms with Crippen LogP contribution >= 0.6 is 78.9 Å². The molecule has 0 unspecified atom stereocenters. The first kappa shape index (κ1) is 23.5. The van der Waals surface area contributed by atoms with E-state index in [0.717, 1.165) is 0 Å². The van der Waals surface area contributed by atoms with E-state index in [0.29, 0.717) is 11.1 Å². The summed E-state index contributed by atoms with van der Waals surface area (Å²) in [4.78, 5) is 0. The smallest absolute Gasteiger partial charge is 0.310 e. The van der Waals surface area contributed by atoms with Gasteiger partial charge in [0, 0.05) is 28.4 Å². The summed E-state index contributed by atoms with van der Waals surface area (Å²) in [6, 6.07) is 6.81. The number of hydrogen-bond donors (Lipinski definition) is 0. The van der Waals surface area contributed by atoms with Gasteiger partial charge in [-0.3, -0.25) is 9.13 Å². The van der Waals surface area contributed by atoms with Crippen LogP contribution in [0.5, 0.6) is 0 Å². The van der Waals surface area contributed by atoms with Gasteiger partial charge in [0.2, 0.25) is 5.95 Å². The van der Waals surface area contributed by atoms with E-state index < -0.39 is 21.1 Å². The third-order valence-electron chi connectivity index (χ3n) is 3.22. The molecule has 0 radical (unpaired) electrons. The van der Waals surface area contributed by atoms with Gasteiger partial charge in [-0.1, -0.05) is 88.0 Å². The van der Waals surface area contributed by atoms with Crippen LogP contribution in [0.4, 0.5) is 0 Å². The van der Waals surface area contributed by atoms with Crippen molar-refractivity contribution < 1.29 is 27.2 Å². The van der Waals surface area contributed by atoms with E-state index >= 15 is 0 Å². The maximum atomic E-state index is 12.9. The van der Waals surface area contributed by atoms with Crippen molar-refractivity contribution in [2.75, 3.05) is 28.4 Å². The summed E-state index contributed by atoms with van der Waals surface area (Å²) in [7, 11) is -2.21. The zero-order valence-electron chi connectivity index (χ0n) is 13.2. The highest BCUT2D eigenvalue weighted by Gasteiger charge is 2.55. The number of hydrogen-bond acceptors (Lipinski definition) is 6. The highest BCUT2D eigenvalue weighted by atomic mass is 79.9. The Kier molecular flexibility index (Phi) is 8.45. The average molecular weight is 638 g/mol. The molecule has 24 heavy (non-hydrogen) atoms. The van der Waals surface area contributed by atoms with E-state index in [1.54, 1.807) is 24.3 Å². The Bertz CT molecular complexity index is 608. The molecule has 1 rings (SSSR count). The largest absolute Gasteiger partial charge is 0.361 e. The SMILES string of the molecule is COP(=O)(OC)C(Br)(Br)c1ccccc1C(Br)(Br)P(=O)(OC)OC. The van der Waals surface area contributed by atoms with Gasteiger partial charge >= 0.3 is 15.2 Å². The van der Waals surface area contributed by atoms with Crippen LogP contribution in [0, 0.1) is 0 Å². The van der Waals surface area contributed by atoms with Gasteiger partial charge in [0.15, 0.2) is 0 Å². The molecule has 0 aliphatic carbocycles. The molecule has 0 heterocycles. The summed E-state index contributed by atoms with van der Waals surface area (Å²) < 4.78 is 43.4. The highest BCUT2D eigenvalue weighted by Crippen LogP contribution is 2.76. The van der Waals surface area contributed by atoms with Gasteiger partial charge in [0.1, 0.15) is 0 Å². The summed E-state index contributed by atoms with van der Waals surface area (Å²) >= 11 is 13.5. The van der Waals surface area contributed by atoms with E-state index in [1.165, 1.54) is 28.4 Å². The van der Waals surface area contributed by atoms with Crippen molar-refractivity contribution >= 4 is 78.9 Å². The Morgan fingerprint density at radius 1 is 0.708 bits per heavy atom. The number of halogens is 4. The zero-order valence-corrected chi connectivity index (χ0v) is 21.3. The first-order chi connectivity index (χ1) is 11.0. The van der Waals surface area contributed by atoms with Crippen LogP contribution in [-0.2, 0) is 33.2 Å². The third kappa shape index (κ3) is 3.98. The number of alkyl halides is 4. The Balaban J connectivity index is 3.69. The molecular weight excluding hydrogens is 622 g/mol. The lowest BCUT2D eigenvalue weighted by Crippen LogP contribution is -2.21. The molecule has 0 fully saturated rings. The molecule has 0 aromatic heterocycles. The molecule has 12 heteroatoms. The molecule has 0 atom stereocenters. The monoisotopic (exact) mass is 634 g/mol. The topological polar surface area (TPSA) is 71.1 Å². The predicted octanol–water partition coefficient (Wildman–Crippen LogP) is 6.46. The van der Waals surface area contributed by atoms with Crippen LogP contribution in [0.3, 0.4) is 0 Å². The summed E-state index contributed by atoms with van der Waals surface area (Å²) in [5, 5.41) is 0. The van der Waals surface area contributed by atoms with Crippen LogP contribution in [0.25, 0.3) is 0 Å². The molecule has 0 amide bonds. The lowest BCUT2D eigenvalue weighted by Gasteiger charge is -2.34. The van der Waals surface area contributed by atoms with Crippen LogP contribution in [0.1, 0.15) is 11.1 Å². The molecule has 0 bridgehead atoms. The number of rotatable bonds is 8. The Morgan fingerprint density at radius 2 is 0.958 bits per heavy atom. The molecule has 0 aliphatic rings. The average Bonchev–Trinajstić information content (AvgIpc) is 2.59. The molecule has 138 valence electrons. The Labute approximate surface area is 174 Å². The maximum absolute atomic E-state index is 12.9. The lowest BCUT2D eigenvalue weighted by atomic mass is 10.1. The van der Waals surface area contributed by atoms with Crippen LogP contribution in [-0.4, -0.2) is 28.4 Å². The van der Waals surface area contributed by atoms with Gasteiger partial charge in [0.25, 0.3) is 0 Å². The fraction of sp³-hybridized carbons (Fsp3) is 0.500. The van der Waals surface area contributed by atoms with Crippen molar-refractivity contribution in [3.63, 3.8) is 0 Å². The van der Waals surface area contributed by atoms with E-state index in [2.05, 4.69) is 63.7 Å². The molecule has 0 spiro atoms. The van der Waals surface area contributed by atoms with Crippen molar-refractivity contribution in [1.29, 1.82) is 0 Å². The van der Waals surface area contributed by atoms with Crippen LogP contribution < -0.4 is 0 Å². The normalized spacial score (nSPS) is 14.0. The predicted molar refractivity (Wildman–Crippen MR) is 109 cm³/mol. The summed E-state index contributed by atoms with van der Waals surface area (Å²) in [6.45, 7) is 0. The highest BCUT2D eigenvalue weighted by molar-refractivity contribution is 9.27. The van der Waals surface area contributed by atoms with Gasteiger partial charge in [0.05, 0.1) is 0 Å². The van der Waals surface area contributed by atoms with E-state index in [4.69, 9.17) is 18.1 Å². The minimum Gasteiger partial charge on any atom is -0.310 e. The fourth-order valence-electron chi connectivity index (χ4n) is 1.91. The van der Waals surface area contributed by atoms with Gasteiger partial charge < -0.3 is 18.1 Å². The second-order valence-electron chi connectivity index (χ2n) is 4.35. The zero-order chi connectivity index (χ0) is 18.8. The standard InChI is InChI=1S/C12H16Br4O6P2/c1-19-23(17,20-2)11(13,14)9-7-5-6-8-10(9)12(15,16)24(18,21-3)22-4/h5-8H,1-4H3. The van der Waals surface area contributed by atoms with Crippen molar-refractivity contribution in [3.8, 4) is 0 Å². The molecule has 0 N–H and O–H groups in total. The van der Waals surface area contributed by atoms with Crippen LogP contribution in [0.15, 0.2) is 24.3 Å². The third-order valence-corrected chi connectivity index (χ3v) is 13.9. The van der Waals surface area contributed by atoms with Gasteiger partial charge in [-0.2, -0.15) is 0 Å². The maximum Gasteiger partial charge on any atom is 0.361 e. The van der Waals surface area contributed by atoms with Crippen molar-refractivity contribution in [2.24, 2.45) is 0 Å². The molecule has 0 aliphatic heterocycles.